The molecular formula is C16H21BN2O4. The van der Waals surface area contributed by atoms with E-state index in [-0.39, 0.29) is 0 Å². The molecule has 23 heavy (non-hydrogen) atoms. The zero-order chi connectivity index (χ0) is 17.0. The Morgan fingerprint density at radius 2 is 1.83 bits per heavy atom. The number of carbonyl (C=O) groups is 1. The van der Waals surface area contributed by atoms with Crippen molar-refractivity contribution in [1.82, 2.24) is 9.78 Å². The second-order valence-electron chi connectivity index (χ2n) is 6.85. The fraction of sp³-hybridized carbons (Fsp3) is 0.500. The fourth-order valence-electron chi connectivity index (χ4n) is 2.73. The Morgan fingerprint density at radius 3 is 2.39 bits per heavy atom. The molecule has 0 amide bonds. The number of nitrogens with zero attached hydrogens (tertiary/aromatic N) is 2. The Kier molecular flexibility index (Phi) is 3.53. The molecule has 0 saturated carbocycles. The topological polar surface area (TPSA) is 62.6 Å². The number of hydrogen-bond donors (Lipinski definition) is 0. The van der Waals surface area contributed by atoms with E-state index in [1.807, 2.05) is 33.8 Å². The number of hydrogen-bond acceptors (Lipinski definition) is 5. The van der Waals surface area contributed by atoms with Crippen LogP contribution in [0.2, 0.25) is 0 Å². The van der Waals surface area contributed by atoms with Crippen molar-refractivity contribution in [3.8, 4) is 0 Å². The number of ether oxygens (including phenoxy) is 1. The first-order valence-corrected chi connectivity index (χ1v) is 7.56. The van der Waals surface area contributed by atoms with Gasteiger partial charge in [-0.2, -0.15) is 5.10 Å². The van der Waals surface area contributed by atoms with Crippen LogP contribution in [-0.4, -0.2) is 41.2 Å². The van der Waals surface area contributed by atoms with Gasteiger partial charge in [0.25, 0.3) is 0 Å². The highest BCUT2D eigenvalue weighted by Gasteiger charge is 2.51. The number of aromatic nitrogens is 2. The molecule has 0 spiro atoms. The average Bonchev–Trinajstić information content (AvgIpc) is 2.95. The summed E-state index contributed by atoms with van der Waals surface area (Å²) >= 11 is 0. The summed E-state index contributed by atoms with van der Waals surface area (Å²) in [6.07, 6.45) is 1.72. The predicted molar refractivity (Wildman–Crippen MR) is 87.8 cm³/mol. The van der Waals surface area contributed by atoms with Gasteiger partial charge in [0.2, 0.25) is 0 Å². The van der Waals surface area contributed by atoms with E-state index in [9.17, 15) is 4.79 Å². The van der Waals surface area contributed by atoms with E-state index in [1.165, 1.54) is 7.11 Å². The van der Waals surface area contributed by atoms with Gasteiger partial charge >= 0.3 is 13.1 Å². The van der Waals surface area contributed by atoms with Crippen molar-refractivity contribution in [2.75, 3.05) is 7.11 Å². The van der Waals surface area contributed by atoms with Crippen LogP contribution >= 0.6 is 0 Å². The molecule has 0 atom stereocenters. The van der Waals surface area contributed by atoms with Crippen molar-refractivity contribution >= 4 is 29.5 Å². The third-order valence-electron chi connectivity index (χ3n) is 4.79. The molecule has 2 aromatic rings. The maximum Gasteiger partial charge on any atom is 0.494 e. The molecule has 122 valence electrons. The predicted octanol–water partition coefficient (Wildman–Crippen LogP) is 1.66. The number of benzene rings is 1. The third-order valence-corrected chi connectivity index (χ3v) is 4.79. The van der Waals surface area contributed by atoms with Gasteiger partial charge in [-0.3, -0.25) is 4.68 Å². The highest BCUT2D eigenvalue weighted by molar-refractivity contribution is 6.62. The fourth-order valence-corrected chi connectivity index (χ4v) is 2.73. The lowest BCUT2D eigenvalue weighted by Gasteiger charge is -2.32. The maximum absolute atomic E-state index is 12.2. The van der Waals surface area contributed by atoms with E-state index in [1.54, 1.807) is 24.0 Å². The lowest BCUT2D eigenvalue weighted by Crippen LogP contribution is -2.41. The van der Waals surface area contributed by atoms with Crippen LogP contribution in [0.3, 0.4) is 0 Å². The van der Waals surface area contributed by atoms with Crippen LogP contribution < -0.4 is 5.46 Å². The lowest BCUT2D eigenvalue weighted by atomic mass is 9.77. The first kappa shape index (κ1) is 16.0. The minimum atomic E-state index is -0.534. The quantitative estimate of drug-likeness (QED) is 0.623. The van der Waals surface area contributed by atoms with Gasteiger partial charge in [-0.25, -0.2) is 4.79 Å². The minimum absolute atomic E-state index is 0.406. The lowest BCUT2D eigenvalue weighted by molar-refractivity contribution is 0.00578. The van der Waals surface area contributed by atoms with Crippen LogP contribution in [0.1, 0.15) is 38.1 Å². The average molecular weight is 316 g/mol. The van der Waals surface area contributed by atoms with Gasteiger partial charge in [0, 0.05) is 12.4 Å². The van der Waals surface area contributed by atoms with Crippen LogP contribution in [0.25, 0.3) is 10.9 Å². The van der Waals surface area contributed by atoms with Crippen LogP contribution in [-0.2, 0) is 21.1 Å². The van der Waals surface area contributed by atoms with Gasteiger partial charge in [-0.1, -0.05) is 6.07 Å². The number of rotatable bonds is 2. The highest BCUT2D eigenvalue weighted by Crippen LogP contribution is 2.36. The van der Waals surface area contributed by atoms with Crippen molar-refractivity contribution < 1.29 is 18.8 Å². The second kappa shape index (κ2) is 5.07. The zero-order valence-corrected chi connectivity index (χ0v) is 14.3. The molecule has 0 N–H and O–H groups in total. The Labute approximate surface area is 135 Å². The molecular weight excluding hydrogens is 295 g/mol. The van der Waals surface area contributed by atoms with Gasteiger partial charge in [0.15, 0.2) is 0 Å². The van der Waals surface area contributed by atoms with Crippen molar-refractivity contribution in [3.05, 3.63) is 23.9 Å². The van der Waals surface area contributed by atoms with Crippen LogP contribution in [0.5, 0.6) is 0 Å². The van der Waals surface area contributed by atoms with Gasteiger partial charge in [-0.05, 0) is 39.2 Å². The van der Waals surface area contributed by atoms with Crippen LogP contribution in [0.15, 0.2) is 18.3 Å². The Bertz CT molecular complexity index is 766. The summed E-state index contributed by atoms with van der Waals surface area (Å²) in [5, 5.41) is 5.07. The molecule has 1 aliphatic rings. The smallest absolute Gasteiger partial charge is 0.465 e. The summed E-state index contributed by atoms with van der Waals surface area (Å²) in [6, 6.07) is 3.70. The van der Waals surface area contributed by atoms with Crippen LogP contribution in [0, 0.1) is 0 Å². The van der Waals surface area contributed by atoms with E-state index in [0.717, 1.165) is 16.4 Å². The van der Waals surface area contributed by atoms with E-state index >= 15 is 0 Å². The largest absolute Gasteiger partial charge is 0.494 e. The van der Waals surface area contributed by atoms with Crippen molar-refractivity contribution in [1.29, 1.82) is 0 Å². The summed E-state index contributed by atoms with van der Waals surface area (Å²) in [4.78, 5) is 12.2. The zero-order valence-electron chi connectivity index (χ0n) is 14.3. The highest BCUT2D eigenvalue weighted by atomic mass is 16.7. The summed E-state index contributed by atoms with van der Waals surface area (Å²) in [6.45, 7) is 7.99. The molecule has 6 nitrogen and oxygen atoms in total. The third kappa shape index (κ3) is 2.44. The summed E-state index contributed by atoms with van der Waals surface area (Å²) in [5.74, 6) is -0.406. The van der Waals surface area contributed by atoms with E-state index in [4.69, 9.17) is 14.0 Å². The number of fused-ring (bicyclic) bond motifs is 1. The minimum Gasteiger partial charge on any atom is -0.465 e. The normalized spacial score (nSPS) is 19.3. The van der Waals surface area contributed by atoms with Crippen LogP contribution in [0.4, 0.5) is 0 Å². The van der Waals surface area contributed by atoms with Gasteiger partial charge in [0.05, 0.1) is 35.6 Å². The number of carbonyl (C=O) groups excluding carboxylic acids is 1. The second-order valence-corrected chi connectivity index (χ2v) is 6.85. The first-order valence-electron chi connectivity index (χ1n) is 7.56. The molecule has 3 rings (SSSR count). The van der Waals surface area contributed by atoms with Gasteiger partial charge in [-0.15, -0.1) is 0 Å². The summed E-state index contributed by atoms with van der Waals surface area (Å²) in [5.41, 5.74) is 1.09. The SMILES string of the molecule is COC(=O)c1cc(B2OC(C)(C)C(C)(C)O2)cc2cnn(C)c12. The monoisotopic (exact) mass is 316 g/mol. The summed E-state index contributed by atoms with van der Waals surface area (Å²) < 4.78 is 18.7. The Balaban J connectivity index is 2.12. The molecule has 1 fully saturated rings. The molecule has 0 unspecified atom stereocenters. The standard InChI is InChI=1S/C16H21BN2O4/c1-15(2)16(3,4)23-17(22-15)11-7-10-9-18-19(5)13(10)12(8-11)14(20)21-6/h7-9H,1-6H3. The molecule has 0 radical (unpaired) electrons. The number of aryl methyl sites for hydroxylation is 1. The van der Waals surface area contributed by atoms with Crippen molar-refractivity contribution in [2.45, 2.75) is 38.9 Å². The number of esters is 1. The van der Waals surface area contributed by atoms with Gasteiger partial charge in [0.1, 0.15) is 0 Å². The van der Waals surface area contributed by atoms with E-state index in [2.05, 4.69) is 5.10 Å². The molecule has 0 aliphatic carbocycles. The molecule has 1 saturated heterocycles. The van der Waals surface area contributed by atoms with E-state index < -0.39 is 24.3 Å². The number of methoxy groups -OCH3 is 1. The first-order chi connectivity index (χ1) is 10.7. The molecule has 1 aliphatic heterocycles. The maximum atomic E-state index is 12.2. The Hall–Kier alpha value is -1.86. The molecule has 1 aromatic carbocycles. The molecule has 0 bridgehead atoms. The Morgan fingerprint density at radius 1 is 1.22 bits per heavy atom. The van der Waals surface area contributed by atoms with Gasteiger partial charge < -0.3 is 14.0 Å². The molecule has 2 heterocycles. The summed E-state index contributed by atoms with van der Waals surface area (Å²) in [7, 11) is 2.63. The van der Waals surface area contributed by atoms with Crippen molar-refractivity contribution in [3.63, 3.8) is 0 Å². The van der Waals surface area contributed by atoms with Crippen molar-refractivity contribution in [2.24, 2.45) is 7.05 Å². The molecule has 1 aromatic heterocycles. The molecule has 7 heteroatoms. The van der Waals surface area contributed by atoms with E-state index in [0.29, 0.717) is 5.56 Å².